The third-order valence-electron chi connectivity index (χ3n) is 5.78. The van der Waals surface area contributed by atoms with E-state index in [0.29, 0.717) is 17.0 Å². The molecule has 1 saturated carbocycles. The van der Waals surface area contributed by atoms with Gasteiger partial charge in [0.25, 0.3) is 0 Å². The van der Waals surface area contributed by atoms with Crippen molar-refractivity contribution in [1.29, 1.82) is 0 Å². The zero-order valence-corrected chi connectivity index (χ0v) is 16.7. The zero-order chi connectivity index (χ0) is 20.4. The second kappa shape index (κ2) is 8.76. The lowest BCUT2D eigenvalue weighted by Gasteiger charge is -2.42. The summed E-state index contributed by atoms with van der Waals surface area (Å²) >= 11 is 6.41. The lowest BCUT2D eigenvalue weighted by atomic mass is 9.70. The van der Waals surface area contributed by atoms with Crippen LogP contribution in [0.3, 0.4) is 0 Å². The van der Waals surface area contributed by atoms with Gasteiger partial charge in [0, 0.05) is 16.9 Å². The number of aliphatic hydroxyl groups is 4. The number of hydrogen-bond acceptors (Lipinski definition) is 4. The highest BCUT2D eigenvalue weighted by atomic mass is 35.5. The van der Waals surface area contributed by atoms with Crippen molar-refractivity contribution in [3.8, 4) is 0 Å². The van der Waals surface area contributed by atoms with Gasteiger partial charge in [0.2, 0.25) is 0 Å². The smallest absolute Gasteiger partial charge is 0.107 e. The van der Waals surface area contributed by atoms with Gasteiger partial charge in [-0.05, 0) is 41.2 Å². The van der Waals surface area contributed by atoms with Crippen LogP contribution in [0.25, 0.3) is 0 Å². The van der Waals surface area contributed by atoms with Crippen LogP contribution in [-0.2, 0) is 12.8 Å². The van der Waals surface area contributed by atoms with Gasteiger partial charge in [-0.1, -0.05) is 67.1 Å². The first kappa shape index (κ1) is 21.0. The molecule has 1 aliphatic carbocycles. The first-order valence-electron chi connectivity index (χ1n) is 9.57. The van der Waals surface area contributed by atoms with Gasteiger partial charge in [-0.2, -0.15) is 0 Å². The van der Waals surface area contributed by atoms with E-state index in [4.69, 9.17) is 11.6 Å². The summed E-state index contributed by atoms with van der Waals surface area (Å²) in [6.45, 7) is 5.76. The number of hydrogen-bond donors (Lipinski definition) is 4. The van der Waals surface area contributed by atoms with Crippen molar-refractivity contribution in [3.63, 3.8) is 0 Å². The molecule has 0 aliphatic heterocycles. The highest BCUT2D eigenvalue weighted by Gasteiger charge is 2.45. The Labute approximate surface area is 170 Å². The number of aliphatic hydroxyl groups excluding tert-OH is 4. The Morgan fingerprint density at radius 2 is 1.57 bits per heavy atom. The van der Waals surface area contributed by atoms with Crippen LogP contribution < -0.4 is 0 Å². The van der Waals surface area contributed by atoms with Gasteiger partial charge in [-0.15, -0.1) is 0 Å². The van der Waals surface area contributed by atoms with Crippen LogP contribution in [-0.4, -0.2) is 45.3 Å². The molecule has 0 bridgehead atoms. The highest BCUT2D eigenvalue weighted by molar-refractivity contribution is 6.31. The first-order valence-corrected chi connectivity index (χ1v) is 9.95. The van der Waals surface area contributed by atoms with Crippen molar-refractivity contribution in [2.75, 3.05) is 6.61 Å². The Morgan fingerprint density at radius 1 is 0.929 bits per heavy atom. The van der Waals surface area contributed by atoms with Crippen LogP contribution in [0.5, 0.6) is 0 Å². The summed E-state index contributed by atoms with van der Waals surface area (Å²) in [7, 11) is 0. The minimum absolute atomic E-state index is 0.343. The number of benzene rings is 2. The molecule has 0 amide bonds. The normalized spacial score (nSPS) is 27.8. The largest absolute Gasteiger partial charge is 0.396 e. The molecule has 2 aromatic rings. The molecule has 1 aliphatic rings. The minimum Gasteiger partial charge on any atom is -0.396 e. The van der Waals surface area contributed by atoms with E-state index in [2.05, 4.69) is 37.8 Å². The summed E-state index contributed by atoms with van der Waals surface area (Å²) in [6.07, 6.45) is -2.18. The van der Waals surface area contributed by atoms with E-state index in [1.165, 1.54) is 5.56 Å². The molecule has 4 nitrogen and oxygen atoms in total. The summed E-state index contributed by atoms with van der Waals surface area (Å²) in [5, 5.41) is 41.1. The third kappa shape index (κ3) is 4.02. The molecule has 1 fully saturated rings. The third-order valence-corrected chi connectivity index (χ3v) is 6.15. The molecule has 2 aromatic carbocycles. The maximum absolute atomic E-state index is 10.6. The van der Waals surface area contributed by atoms with Crippen LogP contribution >= 0.6 is 11.6 Å². The molecule has 0 saturated heterocycles. The van der Waals surface area contributed by atoms with Gasteiger partial charge in [-0.25, -0.2) is 0 Å². The van der Waals surface area contributed by atoms with E-state index in [9.17, 15) is 20.4 Å². The molecule has 0 heterocycles. The fourth-order valence-electron chi connectivity index (χ4n) is 3.98. The molecule has 150 valence electrons. The number of rotatable bonds is 5. The van der Waals surface area contributed by atoms with Crippen LogP contribution in [0.4, 0.5) is 0 Å². The van der Waals surface area contributed by atoms with Crippen LogP contribution in [0.15, 0.2) is 54.6 Å². The van der Waals surface area contributed by atoms with Crippen LogP contribution in [0, 0.1) is 5.92 Å². The minimum atomic E-state index is -1.35. The fraction of sp³-hybridized carbons (Fsp3) is 0.391. The van der Waals surface area contributed by atoms with Gasteiger partial charge in [0.15, 0.2) is 0 Å². The quantitative estimate of drug-likeness (QED) is 0.580. The molecule has 28 heavy (non-hydrogen) atoms. The highest BCUT2D eigenvalue weighted by Crippen LogP contribution is 2.41. The number of aryl methyl sites for hydroxylation is 1. The van der Waals surface area contributed by atoms with Crippen molar-refractivity contribution in [3.05, 3.63) is 81.9 Å². The lowest BCUT2D eigenvalue weighted by Crippen LogP contribution is -2.52. The summed E-state index contributed by atoms with van der Waals surface area (Å²) in [4.78, 5) is 0. The fourth-order valence-corrected chi connectivity index (χ4v) is 4.16. The second-order valence-electron chi connectivity index (χ2n) is 7.51. The van der Waals surface area contributed by atoms with E-state index in [1.54, 1.807) is 12.1 Å². The van der Waals surface area contributed by atoms with Crippen molar-refractivity contribution >= 4 is 11.6 Å². The maximum Gasteiger partial charge on any atom is 0.107 e. The molecule has 0 spiro atoms. The second-order valence-corrected chi connectivity index (χ2v) is 7.92. The van der Waals surface area contributed by atoms with E-state index in [1.807, 2.05) is 6.07 Å². The molecular weight excluding hydrogens is 376 g/mol. The van der Waals surface area contributed by atoms with Crippen molar-refractivity contribution in [1.82, 2.24) is 0 Å². The van der Waals surface area contributed by atoms with Gasteiger partial charge in [-0.3, -0.25) is 0 Å². The molecule has 0 aromatic heterocycles. The summed E-state index contributed by atoms with van der Waals surface area (Å²) in [5.74, 6) is -1.28. The summed E-state index contributed by atoms with van der Waals surface area (Å²) < 4.78 is 0. The predicted octanol–water partition coefficient (Wildman–Crippen LogP) is 2.84. The standard InChI is InChI=1S/C23H27ClO4/c1-3-14-4-6-15(7-5-14)10-17-11-16(8-9-19(17)24)20-13(2)18(12-25)21(26)23(28)22(20)27/h4-9,11,18,20-23,25-28H,2-3,10,12H2,1H3/t18-,20-,21-,22-,23-/m0/s1. The maximum atomic E-state index is 10.6. The number of halogens is 1. The summed E-state index contributed by atoms with van der Waals surface area (Å²) in [6, 6.07) is 13.8. The Bertz CT molecular complexity index is 833. The van der Waals surface area contributed by atoms with Gasteiger partial charge < -0.3 is 20.4 Å². The SMILES string of the molecule is C=C1[C@H](CO)[C@H](O)[C@H](O)[C@@H](O)[C@@H]1c1ccc(Cl)c(Cc2ccc(CC)cc2)c1. The zero-order valence-electron chi connectivity index (χ0n) is 15.9. The van der Waals surface area contributed by atoms with Gasteiger partial charge in [0.1, 0.15) is 6.10 Å². The molecule has 4 N–H and O–H groups in total. The monoisotopic (exact) mass is 402 g/mol. The van der Waals surface area contributed by atoms with E-state index in [0.717, 1.165) is 23.1 Å². The van der Waals surface area contributed by atoms with Gasteiger partial charge in [0.05, 0.1) is 18.8 Å². The van der Waals surface area contributed by atoms with Crippen LogP contribution in [0.1, 0.15) is 35.1 Å². The summed E-state index contributed by atoms with van der Waals surface area (Å²) in [5.41, 5.74) is 4.57. The molecular formula is C23H27ClO4. The average molecular weight is 403 g/mol. The average Bonchev–Trinajstić information content (AvgIpc) is 2.70. The lowest BCUT2D eigenvalue weighted by molar-refractivity contribution is -0.107. The van der Waals surface area contributed by atoms with Gasteiger partial charge >= 0.3 is 0 Å². The van der Waals surface area contributed by atoms with Crippen molar-refractivity contribution in [2.24, 2.45) is 5.92 Å². The van der Waals surface area contributed by atoms with E-state index >= 15 is 0 Å². The molecule has 0 radical (unpaired) electrons. The topological polar surface area (TPSA) is 80.9 Å². The predicted molar refractivity (Wildman–Crippen MR) is 111 cm³/mol. The Balaban J connectivity index is 1.92. The Morgan fingerprint density at radius 3 is 2.18 bits per heavy atom. The molecule has 0 unspecified atom stereocenters. The molecule has 5 heteroatoms. The first-order chi connectivity index (χ1) is 13.4. The Kier molecular flexibility index (Phi) is 6.58. The van der Waals surface area contributed by atoms with Crippen molar-refractivity contribution < 1.29 is 20.4 Å². The van der Waals surface area contributed by atoms with Crippen molar-refractivity contribution in [2.45, 2.75) is 44.0 Å². The Hall–Kier alpha value is -1.69. The van der Waals surface area contributed by atoms with Crippen LogP contribution in [0.2, 0.25) is 5.02 Å². The van der Waals surface area contributed by atoms with E-state index in [-0.39, 0.29) is 6.61 Å². The molecule has 5 atom stereocenters. The molecule has 3 rings (SSSR count). The van der Waals surface area contributed by atoms with E-state index < -0.39 is 30.1 Å².